The van der Waals surface area contributed by atoms with E-state index in [4.69, 9.17) is 0 Å². The van der Waals surface area contributed by atoms with Crippen LogP contribution < -0.4 is 0 Å². The fourth-order valence-corrected chi connectivity index (χ4v) is 2.88. The molecule has 0 bridgehead atoms. The number of rotatable bonds is 4. The highest BCUT2D eigenvalue weighted by atomic mass is 16.2. The molecule has 0 saturated carbocycles. The Morgan fingerprint density at radius 2 is 1.87 bits per heavy atom. The highest BCUT2D eigenvalue weighted by molar-refractivity contribution is 5.83. The fourth-order valence-electron chi connectivity index (χ4n) is 2.88. The Balaban J connectivity index is 1.92. The van der Waals surface area contributed by atoms with Gasteiger partial charge in [-0.15, -0.1) is 0 Å². The molecule has 1 aliphatic heterocycles. The maximum atomic E-state index is 12.5. The van der Waals surface area contributed by atoms with E-state index in [0.717, 1.165) is 32.6 Å². The van der Waals surface area contributed by atoms with Gasteiger partial charge >= 0.3 is 0 Å². The Morgan fingerprint density at radius 3 is 2.52 bits per heavy atom. The van der Waals surface area contributed by atoms with Crippen molar-refractivity contribution in [1.29, 1.82) is 0 Å². The molecule has 0 aromatic heterocycles. The van der Waals surface area contributed by atoms with Crippen molar-refractivity contribution in [3.05, 3.63) is 35.9 Å². The van der Waals surface area contributed by atoms with E-state index in [2.05, 4.69) is 36.1 Å². The SMILES string of the molecule is CC(=O)N(C)CC(=O)N1CCN(Cc2ccccc2)CCC1C. The second kappa shape index (κ2) is 8.11. The maximum absolute atomic E-state index is 12.5. The van der Waals surface area contributed by atoms with Crippen LogP contribution in [0.25, 0.3) is 0 Å². The van der Waals surface area contributed by atoms with Crippen molar-refractivity contribution in [1.82, 2.24) is 14.7 Å². The predicted molar refractivity (Wildman–Crippen MR) is 90.8 cm³/mol. The number of benzene rings is 1. The second-order valence-corrected chi connectivity index (χ2v) is 6.36. The molecule has 1 fully saturated rings. The van der Waals surface area contributed by atoms with Crippen molar-refractivity contribution < 1.29 is 9.59 Å². The third kappa shape index (κ3) is 5.06. The van der Waals surface area contributed by atoms with Gasteiger partial charge in [0.15, 0.2) is 0 Å². The summed E-state index contributed by atoms with van der Waals surface area (Å²) in [7, 11) is 1.67. The molecule has 0 radical (unpaired) electrons. The molecule has 1 unspecified atom stereocenters. The van der Waals surface area contributed by atoms with E-state index >= 15 is 0 Å². The van der Waals surface area contributed by atoms with Crippen LogP contribution in [0.5, 0.6) is 0 Å². The van der Waals surface area contributed by atoms with Crippen LogP contribution >= 0.6 is 0 Å². The summed E-state index contributed by atoms with van der Waals surface area (Å²) in [6.45, 7) is 7.25. The molecule has 126 valence electrons. The van der Waals surface area contributed by atoms with Crippen LogP contribution in [0, 0.1) is 0 Å². The first-order chi connectivity index (χ1) is 11.0. The van der Waals surface area contributed by atoms with Gasteiger partial charge in [0, 0.05) is 46.2 Å². The number of hydrogen-bond donors (Lipinski definition) is 0. The first-order valence-corrected chi connectivity index (χ1v) is 8.25. The van der Waals surface area contributed by atoms with Gasteiger partial charge in [-0.05, 0) is 18.9 Å². The van der Waals surface area contributed by atoms with Crippen LogP contribution in [0.1, 0.15) is 25.8 Å². The lowest BCUT2D eigenvalue weighted by atomic mass is 10.2. The molecular formula is C18H27N3O2. The van der Waals surface area contributed by atoms with Gasteiger partial charge in [0.05, 0.1) is 6.54 Å². The van der Waals surface area contributed by atoms with Gasteiger partial charge in [-0.3, -0.25) is 14.5 Å². The summed E-state index contributed by atoms with van der Waals surface area (Å²) < 4.78 is 0. The molecule has 1 aliphatic rings. The molecular weight excluding hydrogens is 290 g/mol. The summed E-state index contributed by atoms with van der Waals surface area (Å²) in [5, 5.41) is 0. The molecule has 2 amide bonds. The van der Waals surface area contributed by atoms with E-state index in [0.29, 0.717) is 0 Å². The molecule has 0 spiro atoms. The van der Waals surface area contributed by atoms with Gasteiger partial charge in [-0.2, -0.15) is 0 Å². The molecule has 1 atom stereocenters. The maximum Gasteiger partial charge on any atom is 0.242 e. The normalized spacial score (nSPS) is 19.3. The van der Waals surface area contributed by atoms with Gasteiger partial charge in [0.25, 0.3) is 0 Å². The second-order valence-electron chi connectivity index (χ2n) is 6.36. The van der Waals surface area contributed by atoms with Gasteiger partial charge in [0.2, 0.25) is 11.8 Å². The average molecular weight is 317 g/mol. The zero-order valence-electron chi connectivity index (χ0n) is 14.4. The highest BCUT2D eigenvalue weighted by Gasteiger charge is 2.25. The molecule has 23 heavy (non-hydrogen) atoms. The summed E-state index contributed by atoms with van der Waals surface area (Å²) in [6.07, 6.45) is 0.961. The first-order valence-electron chi connectivity index (χ1n) is 8.25. The Bertz CT molecular complexity index is 532. The number of amides is 2. The number of carbonyl (C=O) groups excluding carboxylic acids is 2. The third-order valence-electron chi connectivity index (χ3n) is 4.53. The summed E-state index contributed by atoms with van der Waals surface area (Å²) in [4.78, 5) is 29.6. The van der Waals surface area contributed by atoms with Gasteiger partial charge < -0.3 is 9.80 Å². The highest BCUT2D eigenvalue weighted by Crippen LogP contribution is 2.14. The number of nitrogens with zero attached hydrogens (tertiary/aromatic N) is 3. The average Bonchev–Trinajstić information content (AvgIpc) is 2.70. The van der Waals surface area contributed by atoms with E-state index in [9.17, 15) is 9.59 Å². The number of hydrogen-bond acceptors (Lipinski definition) is 3. The van der Waals surface area contributed by atoms with Crippen LogP contribution in [0.4, 0.5) is 0 Å². The lowest BCUT2D eigenvalue weighted by molar-refractivity contribution is -0.139. The Hall–Kier alpha value is -1.88. The molecule has 2 rings (SSSR count). The minimum Gasteiger partial charge on any atom is -0.337 e. The largest absolute Gasteiger partial charge is 0.337 e. The van der Waals surface area contributed by atoms with E-state index in [-0.39, 0.29) is 24.4 Å². The molecule has 0 aliphatic carbocycles. The van der Waals surface area contributed by atoms with Crippen LogP contribution in [-0.2, 0) is 16.1 Å². The monoisotopic (exact) mass is 317 g/mol. The van der Waals surface area contributed by atoms with E-state index in [1.165, 1.54) is 17.4 Å². The molecule has 1 saturated heterocycles. The van der Waals surface area contributed by atoms with Crippen molar-refractivity contribution in [3.63, 3.8) is 0 Å². The Labute approximate surface area is 138 Å². The van der Waals surface area contributed by atoms with Crippen LogP contribution in [0.2, 0.25) is 0 Å². The lowest BCUT2D eigenvalue weighted by Gasteiger charge is -2.28. The quantitative estimate of drug-likeness (QED) is 0.847. The Morgan fingerprint density at radius 1 is 1.17 bits per heavy atom. The van der Waals surface area contributed by atoms with Crippen molar-refractivity contribution in [2.45, 2.75) is 32.9 Å². The van der Waals surface area contributed by atoms with Gasteiger partial charge in [-0.25, -0.2) is 0 Å². The number of carbonyl (C=O) groups is 2. The molecule has 0 N–H and O–H groups in total. The Kier molecular flexibility index (Phi) is 6.16. The van der Waals surface area contributed by atoms with Crippen molar-refractivity contribution in [3.8, 4) is 0 Å². The lowest BCUT2D eigenvalue weighted by Crippen LogP contribution is -2.45. The molecule has 1 heterocycles. The number of likely N-dealkylation sites (N-methyl/N-ethyl adjacent to an activating group) is 1. The summed E-state index contributed by atoms with van der Waals surface area (Å²) >= 11 is 0. The van der Waals surface area contributed by atoms with Crippen LogP contribution in [0.3, 0.4) is 0 Å². The first kappa shape index (κ1) is 17.5. The molecule has 1 aromatic carbocycles. The van der Waals surface area contributed by atoms with E-state index < -0.39 is 0 Å². The van der Waals surface area contributed by atoms with E-state index in [1.54, 1.807) is 7.05 Å². The van der Waals surface area contributed by atoms with Crippen molar-refractivity contribution in [2.75, 3.05) is 33.2 Å². The standard InChI is InChI=1S/C18H27N3O2/c1-15-9-10-20(13-17-7-5-4-6-8-17)11-12-21(15)18(23)14-19(3)16(2)22/h4-8,15H,9-14H2,1-3H3. The fraction of sp³-hybridized carbons (Fsp3) is 0.556. The van der Waals surface area contributed by atoms with Gasteiger partial charge in [0.1, 0.15) is 0 Å². The minimum atomic E-state index is -0.0773. The van der Waals surface area contributed by atoms with Crippen molar-refractivity contribution >= 4 is 11.8 Å². The summed E-state index contributed by atoms with van der Waals surface area (Å²) in [6, 6.07) is 10.6. The smallest absolute Gasteiger partial charge is 0.242 e. The zero-order valence-corrected chi connectivity index (χ0v) is 14.4. The van der Waals surface area contributed by atoms with Crippen molar-refractivity contribution in [2.24, 2.45) is 0 Å². The molecule has 5 heteroatoms. The summed E-state index contributed by atoms with van der Waals surface area (Å²) in [5.74, 6) is -0.0386. The van der Waals surface area contributed by atoms with Crippen LogP contribution in [0.15, 0.2) is 30.3 Å². The topological polar surface area (TPSA) is 43.9 Å². The minimum absolute atomic E-state index is 0.0387. The molecule has 5 nitrogen and oxygen atoms in total. The third-order valence-corrected chi connectivity index (χ3v) is 4.53. The van der Waals surface area contributed by atoms with E-state index in [1.807, 2.05) is 11.0 Å². The van der Waals surface area contributed by atoms with Crippen LogP contribution in [-0.4, -0.2) is 65.8 Å². The summed E-state index contributed by atoms with van der Waals surface area (Å²) in [5.41, 5.74) is 1.30. The predicted octanol–water partition coefficient (Wildman–Crippen LogP) is 1.59. The van der Waals surface area contributed by atoms with Gasteiger partial charge in [-0.1, -0.05) is 30.3 Å². The zero-order chi connectivity index (χ0) is 16.8. The molecule has 1 aromatic rings.